The molecule has 1 aliphatic rings. The van der Waals surface area contributed by atoms with Gasteiger partial charge in [0.2, 0.25) is 0 Å². The fraction of sp³-hybridized carbons (Fsp3) is 0.292. The topological polar surface area (TPSA) is 88.2 Å². The van der Waals surface area contributed by atoms with E-state index in [4.69, 9.17) is 21.1 Å². The first kappa shape index (κ1) is 24.4. The van der Waals surface area contributed by atoms with Crippen LogP contribution in [0.3, 0.4) is 0 Å². The van der Waals surface area contributed by atoms with Crippen LogP contribution in [-0.2, 0) is 4.79 Å². The van der Waals surface area contributed by atoms with Crippen molar-refractivity contribution in [3.05, 3.63) is 59.7 Å². The van der Waals surface area contributed by atoms with Crippen LogP contribution in [0.25, 0.3) is 10.9 Å². The van der Waals surface area contributed by atoms with Gasteiger partial charge in [-0.2, -0.15) is 0 Å². The SMILES string of the molecule is C=CC=O.CNc1cc2ncnc(Nc3ccc(C)c(Cl)c3F)c2cc1OC1CC(NC)C1. The van der Waals surface area contributed by atoms with Gasteiger partial charge in [-0.05, 0) is 56.7 Å². The second-order valence-electron chi connectivity index (χ2n) is 7.59. The Bertz CT molecular complexity index is 1150. The highest BCUT2D eigenvalue weighted by molar-refractivity contribution is 6.31. The van der Waals surface area contributed by atoms with Crippen molar-refractivity contribution in [1.82, 2.24) is 15.3 Å². The van der Waals surface area contributed by atoms with Crippen molar-refractivity contribution in [2.24, 2.45) is 0 Å². The minimum atomic E-state index is -0.505. The number of fused-ring (bicyclic) bond motifs is 1. The summed E-state index contributed by atoms with van der Waals surface area (Å²) < 4.78 is 20.8. The highest BCUT2D eigenvalue weighted by Gasteiger charge is 2.30. The van der Waals surface area contributed by atoms with E-state index in [2.05, 4.69) is 32.5 Å². The number of carbonyl (C=O) groups excluding carboxylic acids is 1. The molecule has 1 aromatic heterocycles. The molecule has 3 N–H and O–H groups in total. The number of allylic oxidation sites excluding steroid dienone is 1. The van der Waals surface area contributed by atoms with Crippen molar-refractivity contribution < 1.29 is 13.9 Å². The number of benzene rings is 2. The number of hydrogen-bond donors (Lipinski definition) is 3. The molecule has 2 aromatic carbocycles. The summed E-state index contributed by atoms with van der Waals surface area (Å²) in [6, 6.07) is 7.71. The predicted octanol–water partition coefficient (Wildman–Crippen LogP) is 5.02. The number of ether oxygens (including phenoxy) is 1. The average molecular weight is 472 g/mol. The van der Waals surface area contributed by atoms with E-state index in [1.54, 1.807) is 19.1 Å². The van der Waals surface area contributed by atoms with Crippen LogP contribution in [0.1, 0.15) is 18.4 Å². The third-order valence-electron chi connectivity index (χ3n) is 5.43. The summed E-state index contributed by atoms with van der Waals surface area (Å²) in [6.07, 6.45) is 5.36. The number of carbonyl (C=O) groups is 1. The van der Waals surface area contributed by atoms with Crippen LogP contribution in [0.15, 0.2) is 43.2 Å². The van der Waals surface area contributed by atoms with E-state index in [-0.39, 0.29) is 16.8 Å². The van der Waals surface area contributed by atoms with Gasteiger partial charge in [0, 0.05) is 18.5 Å². The molecular weight excluding hydrogens is 445 g/mol. The van der Waals surface area contributed by atoms with Gasteiger partial charge in [0.25, 0.3) is 0 Å². The minimum absolute atomic E-state index is 0.0962. The molecule has 0 saturated heterocycles. The molecule has 0 amide bonds. The van der Waals surface area contributed by atoms with Gasteiger partial charge in [-0.1, -0.05) is 24.2 Å². The van der Waals surface area contributed by atoms with Crippen LogP contribution < -0.4 is 20.7 Å². The van der Waals surface area contributed by atoms with Crippen LogP contribution in [0.5, 0.6) is 5.75 Å². The van der Waals surface area contributed by atoms with Gasteiger partial charge in [-0.25, -0.2) is 14.4 Å². The molecule has 4 rings (SSSR count). The minimum Gasteiger partial charge on any atom is -0.488 e. The van der Waals surface area contributed by atoms with Crippen molar-refractivity contribution in [3.8, 4) is 5.75 Å². The molecule has 1 fully saturated rings. The van der Waals surface area contributed by atoms with Crippen LogP contribution in [-0.4, -0.2) is 42.5 Å². The van der Waals surface area contributed by atoms with E-state index in [1.165, 1.54) is 12.4 Å². The Labute approximate surface area is 197 Å². The molecule has 7 nitrogen and oxygen atoms in total. The molecule has 9 heteroatoms. The quantitative estimate of drug-likeness (QED) is 0.329. The van der Waals surface area contributed by atoms with Crippen molar-refractivity contribution in [3.63, 3.8) is 0 Å². The van der Waals surface area contributed by atoms with Crippen molar-refractivity contribution >= 4 is 46.0 Å². The molecule has 33 heavy (non-hydrogen) atoms. The van der Waals surface area contributed by atoms with Crippen LogP contribution in [0, 0.1) is 12.7 Å². The lowest BCUT2D eigenvalue weighted by molar-refractivity contribution is -0.104. The second-order valence-corrected chi connectivity index (χ2v) is 7.97. The zero-order valence-electron chi connectivity index (χ0n) is 18.8. The van der Waals surface area contributed by atoms with Gasteiger partial charge >= 0.3 is 0 Å². The Balaban J connectivity index is 0.000000709. The molecule has 3 aromatic rings. The maximum Gasteiger partial charge on any atom is 0.165 e. The fourth-order valence-corrected chi connectivity index (χ4v) is 3.59. The first-order valence-electron chi connectivity index (χ1n) is 10.5. The van der Waals surface area contributed by atoms with Gasteiger partial charge in [0.1, 0.15) is 30.3 Å². The Morgan fingerprint density at radius 2 is 1.94 bits per heavy atom. The predicted molar refractivity (Wildman–Crippen MR) is 131 cm³/mol. The summed E-state index contributed by atoms with van der Waals surface area (Å²) >= 11 is 6.05. The zero-order chi connectivity index (χ0) is 24.0. The van der Waals surface area contributed by atoms with E-state index < -0.39 is 5.82 Å². The molecule has 1 saturated carbocycles. The lowest BCUT2D eigenvalue weighted by Crippen LogP contribution is -2.45. The van der Waals surface area contributed by atoms with Crippen LogP contribution in [0.2, 0.25) is 5.02 Å². The van der Waals surface area contributed by atoms with Crippen LogP contribution >= 0.6 is 11.6 Å². The smallest absolute Gasteiger partial charge is 0.165 e. The maximum atomic E-state index is 14.6. The van der Waals surface area contributed by atoms with Crippen molar-refractivity contribution in [2.75, 3.05) is 24.7 Å². The molecular formula is C24H27ClFN5O2. The Morgan fingerprint density at radius 1 is 1.21 bits per heavy atom. The lowest BCUT2D eigenvalue weighted by Gasteiger charge is -2.35. The first-order valence-corrected chi connectivity index (χ1v) is 10.9. The van der Waals surface area contributed by atoms with E-state index in [0.29, 0.717) is 23.7 Å². The normalized spacial score (nSPS) is 16.8. The number of anilines is 3. The van der Waals surface area contributed by atoms with Gasteiger partial charge in [-0.15, -0.1) is 0 Å². The van der Waals surface area contributed by atoms with Gasteiger partial charge in [0.15, 0.2) is 5.82 Å². The van der Waals surface area contributed by atoms with E-state index in [1.807, 2.05) is 26.2 Å². The Hall–Kier alpha value is -3.23. The highest BCUT2D eigenvalue weighted by atomic mass is 35.5. The summed E-state index contributed by atoms with van der Waals surface area (Å²) in [4.78, 5) is 17.7. The number of nitrogens with zero attached hydrogens (tertiary/aromatic N) is 2. The third kappa shape index (κ3) is 5.58. The number of aryl methyl sites for hydroxylation is 1. The Kier molecular flexibility index (Phi) is 8.19. The molecule has 0 spiro atoms. The number of nitrogens with one attached hydrogen (secondary N) is 3. The molecule has 1 aliphatic carbocycles. The number of aromatic nitrogens is 2. The first-order chi connectivity index (χ1) is 15.9. The summed E-state index contributed by atoms with van der Waals surface area (Å²) in [5, 5.41) is 10.3. The Morgan fingerprint density at radius 3 is 2.58 bits per heavy atom. The zero-order valence-corrected chi connectivity index (χ0v) is 19.5. The molecule has 0 unspecified atom stereocenters. The molecule has 0 atom stereocenters. The van der Waals surface area contributed by atoms with Crippen LogP contribution in [0.4, 0.5) is 21.6 Å². The molecule has 0 radical (unpaired) electrons. The maximum absolute atomic E-state index is 14.6. The number of aldehydes is 1. The molecule has 0 aliphatic heterocycles. The number of hydrogen-bond acceptors (Lipinski definition) is 7. The van der Waals surface area contributed by atoms with Crippen molar-refractivity contribution in [2.45, 2.75) is 31.9 Å². The van der Waals surface area contributed by atoms with Gasteiger partial charge in [-0.3, -0.25) is 4.79 Å². The fourth-order valence-electron chi connectivity index (χ4n) is 3.42. The summed E-state index contributed by atoms with van der Waals surface area (Å²) in [7, 11) is 3.80. The molecule has 0 bridgehead atoms. The van der Waals surface area contributed by atoms with Crippen molar-refractivity contribution in [1.29, 1.82) is 0 Å². The third-order valence-corrected chi connectivity index (χ3v) is 5.89. The van der Waals surface area contributed by atoms with E-state index in [0.717, 1.165) is 35.2 Å². The molecule has 1 heterocycles. The summed E-state index contributed by atoms with van der Waals surface area (Å²) in [6.45, 7) is 4.87. The average Bonchev–Trinajstić information content (AvgIpc) is 2.81. The number of halogens is 2. The highest BCUT2D eigenvalue weighted by Crippen LogP contribution is 2.37. The monoisotopic (exact) mass is 471 g/mol. The largest absolute Gasteiger partial charge is 0.488 e. The number of rotatable bonds is 7. The summed E-state index contributed by atoms with van der Waals surface area (Å²) in [5.41, 5.74) is 2.51. The van der Waals surface area contributed by atoms with Gasteiger partial charge in [0.05, 0.1) is 21.9 Å². The lowest BCUT2D eigenvalue weighted by atomic mass is 9.89. The van der Waals surface area contributed by atoms with E-state index >= 15 is 0 Å². The van der Waals surface area contributed by atoms with E-state index in [9.17, 15) is 4.39 Å². The second kappa shape index (κ2) is 11.1. The summed E-state index contributed by atoms with van der Waals surface area (Å²) in [5.74, 6) is 0.706. The molecule has 174 valence electrons. The van der Waals surface area contributed by atoms with Gasteiger partial charge < -0.3 is 20.7 Å². The standard InChI is InChI=1S/C21H23ClFN5O.C3H4O/c1-11-4-5-15(20(23)19(11)22)28-21-14-8-18(29-13-6-12(7-13)24-2)17(25-3)9-16(14)26-10-27-21;1-2-3-4/h4-5,8-10,12-13,24-25H,6-7H2,1-3H3,(H,26,27,28);2-3H,1H2.